The Morgan fingerprint density at radius 1 is 0.571 bits per heavy atom. The van der Waals surface area contributed by atoms with Crippen LogP contribution in [0, 0.1) is 0 Å². The van der Waals surface area contributed by atoms with E-state index in [4.69, 9.17) is 9.47 Å². The Bertz CT molecular complexity index is 56.3. The summed E-state index contributed by atoms with van der Waals surface area (Å²) >= 11 is 0. The van der Waals surface area contributed by atoms with Crippen LogP contribution in [0.5, 0.6) is 0 Å². The number of nitrogens with two attached hydrogens (primary N) is 1. The van der Waals surface area contributed by atoms with Crippen LogP contribution in [0.4, 0.5) is 0 Å². The first-order chi connectivity index (χ1) is 7.00. The van der Waals surface area contributed by atoms with Gasteiger partial charge in [-0.05, 0) is 45.6 Å². The predicted molar refractivity (Wildman–Crippen MR) is 59.5 cm³/mol. The molecule has 0 bridgehead atoms. The van der Waals surface area contributed by atoms with Gasteiger partial charge in [0.25, 0.3) is 0 Å². The molecule has 0 radical (unpaired) electrons. The molecule has 3 nitrogen and oxygen atoms in total. The Morgan fingerprint density at radius 2 is 0.857 bits per heavy atom. The monoisotopic (exact) mass is 203 g/mol. The molecule has 2 fully saturated rings. The van der Waals surface area contributed by atoms with E-state index < -0.39 is 0 Å². The predicted octanol–water partition coefficient (Wildman–Crippen LogP) is 1.95. The van der Waals surface area contributed by atoms with Crippen molar-refractivity contribution in [2.75, 3.05) is 33.5 Å². The van der Waals surface area contributed by atoms with Gasteiger partial charge in [0.15, 0.2) is 0 Å². The standard InChI is InChI=1S/2C5H10O.CH5N/c2*1-2-4-6-5-3-1;1-2/h2*1-5H2;2H2,1H3. The zero-order valence-electron chi connectivity index (χ0n) is 9.46. The lowest BCUT2D eigenvalue weighted by atomic mass is 10.2. The Balaban J connectivity index is 0.000000206. The van der Waals surface area contributed by atoms with Crippen LogP contribution in [0.2, 0.25) is 0 Å². The zero-order chi connectivity index (χ0) is 10.5. The van der Waals surface area contributed by atoms with Gasteiger partial charge in [0.05, 0.1) is 0 Å². The van der Waals surface area contributed by atoms with Gasteiger partial charge in [-0.25, -0.2) is 0 Å². The minimum Gasteiger partial charge on any atom is -0.381 e. The van der Waals surface area contributed by atoms with Crippen molar-refractivity contribution >= 4 is 0 Å². The molecule has 2 heterocycles. The topological polar surface area (TPSA) is 44.5 Å². The van der Waals surface area contributed by atoms with Crippen molar-refractivity contribution in [3.05, 3.63) is 0 Å². The number of hydrogen-bond acceptors (Lipinski definition) is 3. The van der Waals surface area contributed by atoms with Gasteiger partial charge in [-0.1, -0.05) is 0 Å². The molecular weight excluding hydrogens is 178 g/mol. The van der Waals surface area contributed by atoms with Crippen LogP contribution in [-0.2, 0) is 9.47 Å². The SMILES string of the molecule is C1CCOCC1.C1CCOCC1.CN. The van der Waals surface area contributed by atoms with Crippen LogP contribution < -0.4 is 5.73 Å². The maximum atomic E-state index is 5.07. The summed E-state index contributed by atoms with van der Waals surface area (Å²) in [6, 6.07) is 0. The van der Waals surface area contributed by atoms with Gasteiger partial charge in [-0.3, -0.25) is 0 Å². The minimum absolute atomic E-state index is 1.00. The lowest BCUT2D eigenvalue weighted by Gasteiger charge is -2.08. The maximum Gasteiger partial charge on any atom is 0.0466 e. The number of hydrogen-bond donors (Lipinski definition) is 1. The fourth-order valence-electron chi connectivity index (χ4n) is 1.37. The van der Waals surface area contributed by atoms with E-state index >= 15 is 0 Å². The summed E-state index contributed by atoms with van der Waals surface area (Å²) < 4.78 is 10.1. The van der Waals surface area contributed by atoms with E-state index in [-0.39, 0.29) is 0 Å². The molecule has 2 aliphatic heterocycles. The normalized spacial score (nSPS) is 21.0. The smallest absolute Gasteiger partial charge is 0.0466 e. The summed E-state index contributed by atoms with van der Waals surface area (Å²) in [5.41, 5.74) is 4.50. The van der Waals surface area contributed by atoms with Crippen LogP contribution in [-0.4, -0.2) is 33.5 Å². The van der Waals surface area contributed by atoms with Crippen molar-refractivity contribution in [2.45, 2.75) is 38.5 Å². The van der Waals surface area contributed by atoms with E-state index in [2.05, 4.69) is 5.73 Å². The van der Waals surface area contributed by atoms with Crippen molar-refractivity contribution < 1.29 is 9.47 Å². The van der Waals surface area contributed by atoms with Crippen LogP contribution >= 0.6 is 0 Å². The second kappa shape index (κ2) is 12.9. The van der Waals surface area contributed by atoms with Crippen LogP contribution in [0.25, 0.3) is 0 Å². The lowest BCUT2D eigenvalue weighted by molar-refractivity contribution is 0.0967. The molecule has 0 unspecified atom stereocenters. The highest BCUT2D eigenvalue weighted by Gasteiger charge is 1.95. The molecule has 14 heavy (non-hydrogen) atoms. The van der Waals surface area contributed by atoms with Gasteiger partial charge >= 0.3 is 0 Å². The third kappa shape index (κ3) is 9.96. The summed E-state index contributed by atoms with van der Waals surface area (Å²) in [4.78, 5) is 0. The van der Waals surface area contributed by atoms with E-state index in [0.717, 1.165) is 26.4 Å². The summed E-state index contributed by atoms with van der Waals surface area (Å²) in [7, 11) is 1.50. The quantitative estimate of drug-likeness (QED) is 0.654. The first-order valence-corrected chi connectivity index (χ1v) is 5.73. The second-order valence-corrected chi connectivity index (χ2v) is 3.35. The van der Waals surface area contributed by atoms with Gasteiger partial charge < -0.3 is 15.2 Å². The molecular formula is C11H25NO2. The molecule has 0 aliphatic carbocycles. The third-order valence-corrected chi connectivity index (χ3v) is 2.15. The molecule has 0 aromatic rings. The molecule has 2 rings (SSSR count). The summed E-state index contributed by atoms with van der Waals surface area (Å²) in [5, 5.41) is 0. The molecule has 2 aliphatic rings. The lowest BCUT2D eigenvalue weighted by Crippen LogP contribution is -2.03. The highest BCUT2D eigenvalue weighted by Crippen LogP contribution is 2.02. The van der Waals surface area contributed by atoms with Gasteiger partial charge in [-0.2, -0.15) is 0 Å². The molecule has 0 aromatic heterocycles. The average molecular weight is 203 g/mol. The van der Waals surface area contributed by atoms with Gasteiger partial charge in [0, 0.05) is 26.4 Å². The van der Waals surface area contributed by atoms with Gasteiger partial charge in [0.2, 0.25) is 0 Å². The van der Waals surface area contributed by atoms with Crippen LogP contribution in [0.15, 0.2) is 0 Å². The highest BCUT2D eigenvalue weighted by atomic mass is 16.5. The van der Waals surface area contributed by atoms with Crippen molar-refractivity contribution in [3.8, 4) is 0 Å². The minimum atomic E-state index is 1.00. The van der Waals surface area contributed by atoms with E-state index in [9.17, 15) is 0 Å². The third-order valence-electron chi connectivity index (χ3n) is 2.15. The molecule has 0 amide bonds. The maximum absolute atomic E-state index is 5.07. The van der Waals surface area contributed by atoms with Crippen LogP contribution in [0.1, 0.15) is 38.5 Å². The van der Waals surface area contributed by atoms with Crippen molar-refractivity contribution in [1.29, 1.82) is 0 Å². The fourth-order valence-corrected chi connectivity index (χ4v) is 1.37. The van der Waals surface area contributed by atoms with Crippen molar-refractivity contribution in [3.63, 3.8) is 0 Å². The average Bonchev–Trinajstić information content (AvgIpc) is 2.37. The summed E-state index contributed by atoms with van der Waals surface area (Å²) in [6.07, 6.45) is 7.86. The Labute approximate surface area is 88.0 Å². The largest absolute Gasteiger partial charge is 0.381 e. The summed E-state index contributed by atoms with van der Waals surface area (Å²) in [5.74, 6) is 0. The Kier molecular flexibility index (Phi) is 12.8. The van der Waals surface area contributed by atoms with Gasteiger partial charge in [-0.15, -0.1) is 0 Å². The first kappa shape index (κ1) is 13.9. The van der Waals surface area contributed by atoms with Crippen molar-refractivity contribution in [2.24, 2.45) is 5.73 Å². The second-order valence-electron chi connectivity index (χ2n) is 3.35. The Morgan fingerprint density at radius 3 is 0.929 bits per heavy atom. The Hall–Kier alpha value is -0.120. The first-order valence-electron chi connectivity index (χ1n) is 5.73. The molecule has 0 spiro atoms. The molecule has 3 heteroatoms. The highest BCUT2D eigenvalue weighted by molar-refractivity contribution is 4.45. The fraction of sp³-hybridized carbons (Fsp3) is 1.00. The van der Waals surface area contributed by atoms with E-state index in [0.29, 0.717) is 0 Å². The molecule has 0 saturated carbocycles. The van der Waals surface area contributed by atoms with E-state index in [1.165, 1.54) is 45.6 Å². The molecule has 86 valence electrons. The molecule has 0 atom stereocenters. The van der Waals surface area contributed by atoms with E-state index in [1.807, 2.05) is 0 Å². The molecule has 2 saturated heterocycles. The van der Waals surface area contributed by atoms with Crippen LogP contribution in [0.3, 0.4) is 0 Å². The number of ether oxygens (including phenoxy) is 2. The molecule has 0 aromatic carbocycles. The van der Waals surface area contributed by atoms with E-state index in [1.54, 1.807) is 0 Å². The molecule has 2 N–H and O–H groups in total. The zero-order valence-corrected chi connectivity index (χ0v) is 9.46. The van der Waals surface area contributed by atoms with Gasteiger partial charge in [0.1, 0.15) is 0 Å². The van der Waals surface area contributed by atoms with Crippen molar-refractivity contribution in [1.82, 2.24) is 0 Å². The number of rotatable bonds is 0. The summed E-state index contributed by atoms with van der Waals surface area (Å²) in [6.45, 7) is 4.00.